The molecule has 0 aliphatic heterocycles. The van der Waals surface area contributed by atoms with Gasteiger partial charge in [-0.1, -0.05) is 36.3 Å². The Morgan fingerprint density at radius 3 is 2.79 bits per heavy atom. The van der Waals surface area contributed by atoms with E-state index in [-0.39, 0.29) is 5.78 Å². The van der Waals surface area contributed by atoms with Gasteiger partial charge in [0.25, 0.3) is 0 Å². The Kier molecular flexibility index (Phi) is 4.03. The quantitative estimate of drug-likeness (QED) is 0.334. The summed E-state index contributed by atoms with van der Waals surface area (Å²) in [5.41, 5.74) is 0.672. The van der Waals surface area contributed by atoms with Crippen molar-refractivity contribution >= 4 is 5.78 Å². The van der Waals surface area contributed by atoms with Crippen LogP contribution in [-0.2, 0) is 0 Å². The lowest BCUT2D eigenvalue weighted by Crippen LogP contribution is -2.05. The second kappa shape index (κ2) is 5.60. The summed E-state index contributed by atoms with van der Waals surface area (Å²) in [6.07, 6.45) is 8.05. The van der Waals surface area contributed by atoms with E-state index in [1.54, 1.807) is 18.3 Å². The molecule has 0 bridgehead atoms. The first-order valence-corrected chi connectivity index (χ1v) is 4.27. The molecule has 0 saturated heterocycles. The number of carbonyl (C=O) groups is 1. The van der Waals surface area contributed by atoms with Crippen LogP contribution in [0.3, 0.4) is 0 Å². The Balaban J connectivity index is 2.52. The van der Waals surface area contributed by atoms with E-state index < -0.39 is 0 Å². The number of ketones is 1. The van der Waals surface area contributed by atoms with Gasteiger partial charge in [0.05, 0.1) is 6.54 Å². The molecule has 0 aromatic heterocycles. The normalized spacial score (nSPS) is 9.64. The van der Waals surface area contributed by atoms with Crippen molar-refractivity contribution in [1.82, 2.24) is 5.32 Å². The third-order valence-electron chi connectivity index (χ3n) is 1.61. The van der Waals surface area contributed by atoms with Crippen molar-refractivity contribution in [3.63, 3.8) is 0 Å². The zero-order valence-corrected chi connectivity index (χ0v) is 7.73. The molecular weight excluding hydrogens is 174 g/mol. The maximum Gasteiger partial charge on any atom is 0.187 e. The van der Waals surface area contributed by atoms with Crippen LogP contribution >= 0.6 is 0 Å². The van der Waals surface area contributed by atoms with Gasteiger partial charge in [0.2, 0.25) is 0 Å². The Hall–Kier alpha value is -2.01. The number of rotatable bonds is 4. The Morgan fingerprint density at radius 1 is 1.43 bits per heavy atom. The van der Waals surface area contributed by atoms with Crippen molar-refractivity contribution in [2.45, 2.75) is 0 Å². The van der Waals surface area contributed by atoms with Crippen LogP contribution in [0.1, 0.15) is 10.4 Å². The van der Waals surface area contributed by atoms with Gasteiger partial charge in [-0.2, -0.15) is 0 Å². The summed E-state index contributed by atoms with van der Waals surface area (Å²) in [7, 11) is 0. The highest BCUT2D eigenvalue weighted by Crippen LogP contribution is 1.99. The summed E-state index contributed by atoms with van der Waals surface area (Å²) in [5.74, 6) is 2.38. The zero-order chi connectivity index (χ0) is 10.2. The minimum absolute atomic E-state index is 0.0323. The molecule has 1 rings (SSSR count). The standard InChI is InChI=1S/C12H11NO/c1-2-9-13-10-8-12(14)11-6-4-3-5-7-11/h1,3-8,10,13H,9H2. The fourth-order valence-electron chi connectivity index (χ4n) is 0.951. The van der Waals surface area contributed by atoms with Gasteiger partial charge >= 0.3 is 0 Å². The predicted molar refractivity (Wildman–Crippen MR) is 56.7 cm³/mol. The third-order valence-corrected chi connectivity index (χ3v) is 1.61. The molecule has 1 N–H and O–H groups in total. The molecule has 2 heteroatoms. The molecule has 0 atom stereocenters. The van der Waals surface area contributed by atoms with Crippen molar-refractivity contribution in [2.75, 3.05) is 6.54 Å². The molecule has 0 heterocycles. The number of nitrogens with one attached hydrogen (secondary N) is 1. The minimum Gasteiger partial charge on any atom is -0.380 e. The second-order valence-corrected chi connectivity index (χ2v) is 2.65. The molecule has 0 unspecified atom stereocenters. The van der Waals surface area contributed by atoms with Crippen LogP contribution in [0.2, 0.25) is 0 Å². The summed E-state index contributed by atoms with van der Waals surface area (Å²) in [5, 5.41) is 2.80. The van der Waals surface area contributed by atoms with Gasteiger partial charge in [0, 0.05) is 17.8 Å². The second-order valence-electron chi connectivity index (χ2n) is 2.65. The maximum atomic E-state index is 11.4. The molecule has 1 aromatic rings. The molecule has 0 spiro atoms. The number of carbonyl (C=O) groups excluding carboxylic acids is 1. The lowest BCUT2D eigenvalue weighted by molar-refractivity contribution is 0.104. The number of hydrogen-bond acceptors (Lipinski definition) is 2. The van der Waals surface area contributed by atoms with Crippen LogP contribution in [0.15, 0.2) is 42.6 Å². The highest BCUT2D eigenvalue weighted by molar-refractivity contribution is 6.04. The Morgan fingerprint density at radius 2 is 2.14 bits per heavy atom. The first-order valence-electron chi connectivity index (χ1n) is 4.27. The molecular formula is C12H11NO. The van der Waals surface area contributed by atoms with E-state index in [9.17, 15) is 4.79 Å². The number of allylic oxidation sites excluding steroid dienone is 1. The van der Waals surface area contributed by atoms with E-state index in [0.29, 0.717) is 12.1 Å². The maximum absolute atomic E-state index is 11.4. The van der Waals surface area contributed by atoms with Gasteiger partial charge < -0.3 is 5.32 Å². The van der Waals surface area contributed by atoms with Crippen LogP contribution in [0.5, 0.6) is 0 Å². The van der Waals surface area contributed by atoms with Crippen molar-refractivity contribution in [1.29, 1.82) is 0 Å². The summed E-state index contributed by atoms with van der Waals surface area (Å²) in [6.45, 7) is 0.429. The molecule has 14 heavy (non-hydrogen) atoms. The average Bonchev–Trinajstić information content (AvgIpc) is 2.25. The molecule has 2 nitrogen and oxygen atoms in total. The molecule has 0 saturated carbocycles. The zero-order valence-electron chi connectivity index (χ0n) is 7.73. The van der Waals surface area contributed by atoms with E-state index in [2.05, 4.69) is 11.2 Å². The van der Waals surface area contributed by atoms with Gasteiger partial charge in [-0.05, 0) is 0 Å². The largest absolute Gasteiger partial charge is 0.380 e. The van der Waals surface area contributed by atoms with E-state index in [4.69, 9.17) is 6.42 Å². The number of benzene rings is 1. The summed E-state index contributed by atoms with van der Waals surface area (Å²) in [6, 6.07) is 9.07. The smallest absolute Gasteiger partial charge is 0.187 e. The Bertz CT molecular complexity index is 360. The van der Waals surface area contributed by atoms with E-state index in [0.717, 1.165) is 0 Å². The van der Waals surface area contributed by atoms with Crippen LogP contribution in [0, 0.1) is 12.3 Å². The van der Waals surface area contributed by atoms with Gasteiger partial charge in [-0.3, -0.25) is 4.79 Å². The predicted octanol–water partition coefficient (Wildman–Crippen LogP) is 1.61. The SMILES string of the molecule is C#CCNC=CC(=O)c1ccccc1. The van der Waals surface area contributed by atoms with Crippen LogP contribution in [0.4, 0.5) is 0 Å². The first-order chi connectivity index (χ1) is 6.84. The summed E-state index contributed by atoms with van der Waals surface area (Å²) in [4.78, 5) is 11.4. The van der Waals surface area contributed by atoms with E-state index in [1.807, 2.05) is 18.2 Å². The topological polar surface area (TPSA) is 29.1 Å². The van der Waals surface area contributed by atoms with Gasteiger partial charge in [-0.25, -0.2) is 0 Å². The molecule has 0 aliphatic rings. The van der Waals surface area contributed by atoms with Crippen LogP contribution < -0.4 is 5.32 Å². The van der Waals surface area contributed by atoms with Crippen LogP contribution in [0.25, 0.3) is 0 Å². The fraction of sp³-hybridized carbons (Fsp3) is 0.0833. The average molecular weight is 185 g/mol. The molecule has 0 radical (unpaired) electrons. The van der Waals surface area contributed by atoms with Crippen molar-refractivity contribution in [3.8, 4) is 12.3 Å². The van der Waals surface area contributed by atoms with Gasteiger partial charge in [-0.15, -0.1) is 6.42 Å². The van der Waals surface area contributed by atoms with E-state index in [1.165, 1.54) is 6.08 Å². The van der Waals surface area contributed by atoms with Gasteiger partial charge in [0.1, 0.15) is 0 Å². The number of hydrogen-bond donors (Lipinski definition) is 1. The Labute approximate surface area is 83.6 Å². The molecule has 0 fully saturated rings. The lowest BCUT2D eigenvalue weighted by Gasteiger charge is -1.94. The molecule has 70 valence electrons. The fourth-order valence-corrected chi connectivity index (χ4v) is 0.951. The van der Waals surface area contributed by atoms with E-state index >= 15 is 0 Å². The first kappa shape index (κ1) is 10.1. The van der Waals surface area contributed by atoms with Crippen LogP contribution in [-0.4, -0.2) is 12.3 Å². The summed E-state index contributed by atoms with van der Waals surface area (Å²) >= 11 is 0. The summed E-state index contributed by atoms with van der Waals surface area (Å²) < 4.78 is 0. The number of terminal acetylenes is 1. The highest BCUT2D eigenvalue weighted by atomic mass is 16.1. The lowest BCUT2D eigenvalue weighted by atomic mass is 10.1. The van der Waals surface area contributed by atoms with Gasteiger partial charge in [0.15, 0.2) is 5.78 Å². The monoisotopic (exact) mass is 185 g/mol. The molecule has 0 amide bonds. The van der Waals surface area contributed by atoms with Crippen molar-refractivity contribution < 1.29 is 4.79 Å². The molecule has 0 aliphatic carbocycles. The molecule has 1 aromatic carbocycles. The van der Waals surface area contributed by atoms with Crippen molar-refractivity contribution in [2.24, 2.45) is 0 Å². The highest BCUT2D eigenvalue weighted by Gasteiger charge is 1.97. The minimum atomic E-state index is -0.0323. The van der Waals surface area contributed by atoms with Crippen molar-refractivity contribution in [3.05, 3.63) is 48.2 Å². The third kappa shape index (κ3) is 3.16.